The number of hydrogen-bond acceptors (Lipinski definition) is 5. The van der Waals surface area contributed by atoms with Gasteiger partial charge in [0.05, 0.1) is 12.2 Å². The van der Waals surface area contributed by atoms with Crippen molar-refractivity contribution in [3.05, 3.63) is 60.5 Å². The largest absolute Gasteiger partial charge is 0.476 e. The number of aromatic nitrogens is 1. The standard InChI is InChI=1S/C24H23N3O4/c28-23(13-12-22-25-17-8-2-4-10-19(17)31-22)27-16-21(24(29)26-14-6-1-7-15-26)30-20-11-5-3-9-18(20)27/h2-5,8-13,21H,1,6-7,14-16H2/b13-12+/t21-/m1/s1. The normalized spacial score (nSPS) is 18.8. The molecule has 0 N–H and O–H groups in total. The third-order valence-corrected chi connectivity index (χ3v) is 5.66. The number of anilines is 1. The van der Waals surface area contributed by atoms with E-state index in [1.54, 1.807) is 17.0 Å². The Morgan fingerprint density at radius 1 is 1.00 bits per heavy atom. The first-order chi connectivity index (χ1) is 15.2. The van der Waals surface area contributed by atoms with Crippen LogP contribution in [0.15, 0.2) is 59.0 Å². The molecule has 31 heavy (non-hydrogen) atoms. The predicted octanol–water partition coefficient (Wildman–Crippen LogP) is 3.65. The molecule has 3 aromatic rings. The summed E-state index contributed by atoms with van der Waals surface area (Å²) in [5, 5.41) is 0. The summed E-state index contributed by atoms with van der Waals surface area (Å²) >= 11 is 0. The van der Waals surface area contributed by atoms with Crippen LogP contribution in [-0.2, 0) is 9.59 Å². The van der Waals surface area contributed by atoms with Crippen LogP contribution in [0.3, 0.4) is 0 Å². The molecule has 1 atom stereocenters. The van der Waals surface area contributed by atoms with Crippen molar-refractivity contribution in [2.45, 2.75) is 25.4 Å². The first kappa shape index (κ1) is 19.4. The average molecular weight is 417 g/mol. The van der Waals surface area contributed by atoms with Gasteiger partial charge in [-0.25, -0.2) is 4.98 Å². The molecule has 2 aliphatic heterocycles. The van der Waals surface area contributed by atoms with Gasteiger partial charge in [-0.2, -0.15) is 0 Å². The Morgan fingerprint density at radius 3 is 2.61 bits per heavy atom. The topological polar surface area (TPSA) is 75.9 Å². The summed E-state index contributed by atoms with van der Waals surface area (Å²) in [5.41, 5.74) is 2.05. The summed E-state index contributed by atoms with van der Waals surface area (Å²) in [6, 6.07) is 14.7. The number of benzene rings is 2. The van der Waals surface area contributed by atoms with Gasteiger partial charge in [0.25, 0.3) is 11.8 Å². The number of carbonyl (C=O) groups is 2. The maximum Gasteiger partial charge on any atom is 0.265 e. The van der Waals surface area contributed by atoms with Gasteiger partial charge < -0.3 is 19.0 Å². The van der Waals surface area contributed by atoms with Gasteiger partial charge in [-0.1, -0.05) is 24.3 Å². The van der Waals surface area contributed by atoms with Crippen LogP contribution in [0.4, 0.5) is 5.69 Å². The summed E-state index contributed by atoms with van der Waals surface area (Å²) in [6.07, 6.45) is 5.42. The second-order valence-electron chi connectivity index (χ2n) is 7.76. The van der Waals surface area contributed by atoms with Crippen LogP contribution in [0.1, 0.15) is 25.2 Å². The highest BCUT2D eigenvalue weighted by Gasteiger charge is 2.35. The summed E-state index contributed by atoms with van der Waals surface area (Å²) in [5.74, 6) is 0.578. The minimum Gasteiger partial charge on any atom is -0.476 e. The zero-order valence-electron chi connectivity index (χ0n) is 17.1. The van der Waals surface area contributed by atoms with Crippen molar-refractivity contribution >= 4 is 34.7 Å². The number of likely N-dealkylation sites (tertiary alicyclic amines) is 1. The molecule has 2 aliphatic rings. The molecule has 1 aromatic heterocycles. The van der Waals surface area contributed by atoms with Gasteiger partial charge >= 0.3 is 0 Å². The van der Waals surface area contributed by atoms with Crippen molar-refractivity contribution in [3.8, 4) is 5.75 Å². The molecule has 1 fully saturated rings. The van der Waals surface area contributed by atoms with E-state index < -0.39 is 6.10 Å². The molecule has 0 radical (unpaired) electrons. The minimum absolute atomic E-state index is 0.0602. The van der Waals surface area contributed by atoms with Crippen LogP contribution in [0.5, 0.6) is 5.75 Å². The van der Waals surface area contributed by atoms with Crippen LogP contribution in [0.25, 0.3) is 17.2 Å². The molecule has 2 aromatic carbocycles. The molecule has 7 nitrogen and oxygen atoms in total. The highest BCUT2D eigenvalue weighted by Crippen LogP contribution is 2.34. The number of carbonyl (C=O) groups excluding carboxylic acids is 2. The lowest BCUT2D eigenvalue weighted by Gasteiger charge is -2.37. The van der Waals surface area contributed by atoms with Gasteiger partial charge in [-0.3, -0.25) is 9.59 Å². The Balaban J connectivity index is 1.38. The van der Waals surface area contributed by atoms with E-state index in [2.05, 4.69) is 4.98 Å². The number of ether oxygens (including phenoxy) is 1. The maximum atomic E-state index is 13.1. The molecule has 0 spiro atoms. The van der Waals surface area contributed by atoms with E-state index >= 15 is 0 Å². The Hall–Kier alpha value is -3.61. The average Bonchev–Trinajstić information content (AvgIpc) is 3.25. The summed E-state index contributed by atoms with van der Waals surface area (Å²) in [7, 11) is 0. The van der Waals surface area contributed by atoms with E-state index in [-0.39, 0.29) is 18.4 Å². The second-order valence-corrected chi connectivity index (χ2v) is 7.76. The Morgan fingerprint density at radius 2 is 1.77 bits per heavy atom. The second kappa shape index (κ2) is 8.26. The molecule has 158 valence electrons. The lowest BCUT2D eigenvalue weighted by atomic mass is 10.1. The van der Waals surface area contributed by atoms with Crippen LogP contribution >= 0.6 is 0 Å². The number of oxazole rings is 1. The lowest BCUT2D eigenvalue weighted by molar-refractivity contribution is -0.139. The first-order valence-corrected chi connectivity index (χ1v) is 10.6. The zero-order valence-corrected chi connectivity index (χ0v) is 17.1. The number of hydrogen-bond donors (Lipinski definition) is 0. The van der Waals surface area contributed by atoms with Crippen molar-refractivity contribution in [1.29, 1.82) is 0 Å². The van der Waals surface area contributed by atoms with Crippen LogP contribution in [-0.4, -0.2) is 47.4 Å². The van der Waals surface area contributed by atoms with Crippen molar-refractivity contribution in [2.24, 2.45) is 0 Å². The van der Waals surface area contributed by atoms with Gasteiger partial charge in [0, 0.05) is 25.2 Å². The quantitative estimate of drug-likeness (QED) is 0.608. The molecule has 2 amide bonds. The van der Waals surface area contributed by atoms with Crippen molar-refractivity contribution < 1.29 is 18.7 Å². The molecule has 3 heterocycles. The number of nitrogens with zero attached hydrogens (tertiary/aromatic N) is 3. The van der Waals surface area contributed by atoms with Gasteiger partial charge in [0.1, 0.15) is 11.3 Å². The van der Waals surface area contributed by atoms with E-state index in [1.807, 2.05) is 47.4 Å². The minimum atomic E-state index is -0.713. The Bertz CT molecular complexity index is 1110. The fourth-order valence-electron chi connectivity index (χ4n) is 4.08. The van der Waals surface area contributed by atoms with Crippen molar-refractivity contribution in [2.75, 3.05) is 24.5 Å². The monoisotopic (exact) mass is 417 g/mol. The third-order valence-electron chi connectivity index (χ3n) is 5.66. The van der Waals surface area contributed by atoms with Crippen LogP contribution < -0.4 is 9.64 Å². The van der Waals surface area contributed by atoms with Gasteiger partial charge in [-0.05, 0) is 43.5 Å². The molecular weight excluding hydrogens is 394 g/mol. The third kappa shape index (κ3) is 3.91. The van der Waals surface area contributed by atoms with E-state index in [4.69, 9.17) is 9.15 Å². The molecule has 1 saturated heterocycles. The smallest absolute Gasteiger partial charge is 0.265 e. The van der Waals surface area contributed by atoms with E-state index in [0.717, 1.165) is 37.9 Å². The summed E-state index contributed by atoms with van der Waals surface area (Å²) in [6.45, 7) is 1.65. The van der Waals surface area contributed by atoms with E-state index in [1.165, 1.54) is 6.08 Å². The Kier molecular flexibility index (Phi) is 5.16. The summed E-state index contributed by atoms with van der Waals surface area (Å²) in [4.78, 5) is 33.9. The zero-order chi connectivity index (χ0) is 21.2. The summed E-state index contributed by atoms with van der Waals surface area (Å²) < 4.78 is 11.6. The van der Waals surface area contributed by atoms with Gasteiger partial charge in [0.15, 0.2) is 11.7 Å². The van der Waals surface area contributed by atoms with E-state index in [0.29, 0.717) is 22.9 Å². The van der Waals surface area contributed by atoms with Crippen LogP contribution in [0, 0.1) is 0 Å². The van der Waals surface area contributed by atoms with Gasteiger partial charge in [-0.15, -0.1) is 0 Å². The molecular formula is C24H23N3O4. The number of fused-ring (bicyclic) bond motifs is 2. The fraction of sp³-hybridized carbons (Fsp3) is 0.292. The van der Waals surface area contributed by atoms with Gasteiger partial charge in [0.2, 0.25) is 5.89 Å². The molecule has 0 bridgehead atoms. The number of rotatable bonds is 3. The first-order valence-electron chi connectivity index (χ1n) is 10.6. The fourth-order valence-corrected chi connectivity index (χ4v) is 4.08. The highest BCUT2D eigenvalue weighted by molar-refractivity contribution is 6.05. The van der Waals surface area contributed by atoms with Crippen molar-refractivity contribution in [1.82, 2.24) is 9.88 Å². The number of amides is 2. The SMILES string of the molecule is O=C([C@H]1CN(C(=O)/C=C/c2nc3ccccc3o2)c2ccccc2O1)N1CCCCC1. The van der Waals surface area contributed by atoms with Crippen molar-refractivity contribution in [3.63, 3.8) is 0 Å². The number of para-hydroxylation sites is 4. The molecule has 7 heteroatoms. The molecule has 5 rings (SSSR count). The lowest BCUT2D eigenvalue weighted by Crippen LogP contribution is -2.52. The Labute approximate surface area is 179 Å². The molecule has 0 unspecified atom stereocenters. The molecule has 0 aliphatic carbocycles. The predicted molar refractivity (Wildman–Crippen MR) is 117 cm³/mol. The van der Waals surface area contributed by atoms with Crippen LogP contribution in [0.2, 0.25) is 0 Å². The maximum absolute atomic E-state index is 13.1. The number of piperidine rings is 1. The van der Waals surface area contributed by atoms with E-state index in [9.17, 15) is 9.59 Å². The molecule has 0 saturated carbocycles. The highest BCUT2D eigenvalue weighted by atomic mass is 16.5.